The zero-order chi connectivity index (χ0) is 10.1. The molecule has 0 aliphatic rings. The summed E-state index contributed by atoms with van der Waals surface area (Å²) in [5.74, 6) is 0. The van der Waals surface area contributed by atoms with Gasteiger partial charge in [0, 0.05) is 6.20 Å². The summed E-state index contributed by atoms with van der Waals surface area (Å²) in [5, 5.41) is 3.85. The van der Waals surface area contributed by atoms with E-state index in [0.717, 1.165) is 0 Å². The number of aromatic nitrogens is 2. The zero-order valence-corrected chi connectivity index (χ0v) is 8.43. The lowest BCUT2D eigenvalue weighted by atomic mass is 10.4. The van der Waals surface area contributed by atoms with Gasteiger partial charge < -0.3 is 0 Å². The molecule has 1 unspecified atom stereocenters. The minimum atomic E-state index is -4.22. The summed E-state index contributed by atoms with van der Waals surface area (Å²) in [4.78, 5) is -1.54. The Bertz CT molecular complexity index is 282. The Morgan fingerprint density at radius 3 is 2.62 bits per heavy atom. The maximum Gasteiger partial charge on any atom is 0.403 e. The molecule has 0 aromatic carbocycles. The van der Waals surface area contributed by atoms with Crippen LogP contribution in [0.5, 0.6) is 0 Å². The van der Waals surface area contributed by atoms with Gasteiger partial charge >= 0.3 is 6.18 Å². The number of nitrogens with zero attached hydrogens (tertiary/aromatic N) is 2. The molecule has 13 heavy (non-hydrogen) atoms. The Labute approximate surface area is 81.9 Å². The molecule has 0 saturated carbocycles. The van der Waals surface area contributed by atoms with Crippen LogP contribution in [-0.2, 0) is 6.54 Å². The molecule has 0 spiro atoms. The average Bonchev–Trinajstić information content (AvgIpc) is 2.33. The molecule has 1 aromatic heterocycles. The van der Waals surface area contributed by atoms with Crippen LogP contribution in [0.15, 0.2) is 12.3 Å². The lowest BCUT2D eigenvalue weighted by molar-refractivity contribution is -0.129. The maximum atomic E-state index is 12.1. The zero-order valence-electron chi connectivity index (χ0n) is 6.85. The molecule has 0 N–H and O–H groups in total. The highest BCUT2D eigenvalue weighted by Crippen LogP contribution is 2.27. The minimum absolute atomic E-state index is 0.197. The van der Waals surface area contributed by atoms with Crippen LogP contribution in [0.3, 0.4) is 0 Å². The average molecular weight is 257 g/mol. The van der Waals surface area contributed by atoms with Gasteiger partial charge in [0.25, 0.3) is 0 Å². The van der Waals surface area contributed by atoms with Gasteiger partial charge in [-0.25, -0.2) is 0 Å². The third kappa shape index (κ3) is 3.02. The Morgan fingerprint density at radius 1 is 1.62 bits per heavy atom. The van der Waals surface area contributed by atoms with Crippen LogP contribution in [0, 0.1) is 6.92 Å². The first kappa shape index (κ1) is 10.6. The maximum absolute atomic E-state index is 12.1. The molecule has 1 rings (SSSR count). The molecule has 6 heteroatoms. The summed E-state index contributed by atoms with van der Waals surface area (Å²) >= 11 is 2.56. The summed E-state index contributed by atoms with van der Waals surface area (Å²) in [5.41, 5.74) is 0.710. The van der Waals surface area contributed by atoms with E-state index in [2.05, 4.69) is 21.0 Å². The predicted octanol–water partition coefficient (Wildman–Crippen LogP) is 2.52. The van der Waals surface area contributed by atoms with Gasteiger partial charge in [-0.15, -0.1) is 0 Å². The number of aryl methyl sites for hydroxylation is 1. The lowest BCUT2D eigenvalue weighted by Gasteiger charge is -2.13. The number of hydrogen-bond acceptors (Lipinski definition) is 1. The van der Waals surface area contributed by atoms with E-state index in [1.165, 1.54) is 10.9 Å². The molecule has 1 aromatic rings. The van der Waals surface area contributed by atoms with Crippen LogP contribution in [0.25, 0.3) is 0 Å². The quantitative estimate of drug-likeness (QED) is 0.744. The SMILES string of the molecule is Cc1ccn(CC(Br)C(F)(F)F)n1. The van der Waals surface area contributed by atoms with Crippen molar-refractivity contribution in [3.63, 3.8) is 0 Å². The Hall–Kier alpha value is -0.520. The number of hydrogen-bond donors (Lipinski definition) is 0. The van der Waals surface area contributed by atoms with Gasteiger partial charge in [0.15, 0.2) is 0 Å². The van der Waals surface area contributed by atoms with Crippen molar-refractivity contribution in [3.8, 4) is 0 Å². The summed E-state index contributed by atoms with van der Waals surface area (Å²) in [6, 6.07) is 1.66. The van der Waals surface area contributed by atoms with Crippen molar-refractivity contribution in [2.45, 2.75) is 24.5 Å². The van der Waals surface area contributed by atoms with Crippen molar-refractivity contribution in [1.82, 2.24) is 9.78 Å². The third-order valence-corrected chi connectivity index (χ3v) is 2.29. The van der Waals surface area contributed by atoms with E-state index in [-0.39, 0.29) is 6.54 Å². The smallest absolute Gasteiger partial charge is 0.271 e. The first-order valence-electron chi connectivity index (χ1n) is 3.60. The van der Waals surface area contributed by atoms with Crippen molar-refractivity contribution in [2.24, 2.45) is 0 Å². The van der Waals surface area contributed by atoms with E-state index in [9.17, 15) is 13.2 Å². The van der Waals surface area contributed by atoms with Crippen molar-refractivity contribution < 1.29 is 13.2 Å². The second-order valence-electron chi connectivity index (χ2n) is 2.69. The summed E-state index contributed by atoms with van der Waals surface area (Å²) in [7, 11) is 0. The first-order valence-corrected chi connectivity index (χ1v) is 4.52. The van der Waals surface area contributed by atoms with Crippen molar-refractivity contribution in [2.75, 3.05) is 0 Å². The van der Waals surface area contributed by atoms with Gasteiger partial charge in [-0.3, -0.25) is 4.68 Å². The van der Waals surface area contributed by atoms with Crippen molar-refractivity contribution in [1.29, 1.82) is 0 Å². The predicted molar refractivity (Wildman–Crippen MR) is 45.7 cm³/mol. The van der Waals surface area contributed by atoms with Crippen LogP contribution in [0.4, 0.5) is 13.2 Å². The topological polar surface area (TPSA) is 17.8 Å². The van der Waals surface area contributed by atoms with E-state index in [0.29, 0.717) is 5.69 Å². The van der Waals surface area contributed by atoms with E-state index in [4.69, 9.17) is 0 Å². The van der Waals surface area contributed by atoms with Crippen molar-refractivity contribution in [3.05, 3.63) is 18.0 Å². The van der Waals surface area contributed by atoms with E-state index < -0.39 is 11.0 Å². The monoisotopic (exact) mass is 256 g/mol. The Balaban J connectivity index is 2.60. The number of alkyl halides is 4. The molecule has 0 amide bonds. The van der Waals surface area contributed by atoms with E-state index in [1.807, 2.05) is 0 Å². The summed E-state index contributed by atoms with van der Waals surface area (Å²) in [6.07, 6.45) is -2.70. The van der Waals surface area contributed by atoms with Crippen LogP contribution in [-0.4, -0.2) is 20.8 Å². The summed E-state index contributed by atoms with van der Waals surface area (Å²) in [6.45, 7) is 1.53. The van der Waals surface area contributed by atoms with E-state index >= 15 is 0 Å². The normalized spacial score (nSPS) is 14.5. The fraction of sp³-hybridized carbons (Fsp3) is 0.571. The van der Waals surface area contributed by atoms with Gasteiger partial charge in [-0.1, -0.05) is 15.9 Å². The van der Waals surface area contributed by atoms with E-state index in [1.54, 1.807) is 13.0 Å². The highest BCUT2D eigenvalue weighted by Gasteiger charge is 2.37. The standard InChI is InChI=1S/C7H8BrF3N2/c1-5-2-3-13(12-5)4-6(8)7(9,10)11/h2-3,6H,4H2,1H3. The van der Waals surface area contributed by atoms with Gasteiger partial charge in [-0.05, 0) is 13.0 Å². The number of halogens is 4. The molecule has 1 heterocycles. The van der Waals surface area contributed by atoms with Gasteiger partial charge in [0.05, 0.1) is 12.2 Å². The Kier molecular flexibility index (Phi) is 3.00. The molecule has 74 valence electrons. The van der Waals surface area contributed by atoms with Crippen LogP contribution < -0.4 is 0 Å². The molecular weight excluding hydrogens is 249 g/mol. The van der Waals surface area contributed by atoms with Gasteiger partial charge in [0.1, 0.15) is 4.83 Å². The van der Waals surface area contributed by atoms with Crippen LogP contribution >= 0.6 is 15.9 Å². The summed E-state index contributed by atoms with van der Waals surface area (Å²) < 4.78 is 37.4. The molecule has 1 atom stereocenters. The fourth-order valence-corrected chi connectivity index (χ4v) is 1.13. The molecule has 0 fully saturated rings. The van der Waals surface area contributed by atoms with Gasteiger partial charge in [-0.2, -0.15) is 18.3 Å². The number of rotatable bonds is 2. The molecule has 0 saturated heterocycles. The first-order chi connectivity index (χ1) is 5.89. The molecule has 0 aliphatic carbocycles. The van der Waals surface area contributed by atoms with Gasteiger partial charge in [0.2, 0.25) is 0 Å². The molecular formula is C7H8BrF3N2. The second-order valence-corrected chi connectivity index (χ2v) is 3.79. The second kappa shape index (κ2) is 3.69. The minimum Gasteiger partial charge on any atom is -0.271 e. The lowest BCUT2D eigenvalue weighted by Crippen LogP contribution is -2.27. The molecule has 0 radical (unpaired) electrons. The van der Waals surface area contributed by atoms with Crippen LogP contribution in [0.2, 0.25) is 0 Å². The molecule has 0 aliphatic heterocycles. The molecule has 0 bridgehead atoms. The third-order valence-electron chi connectivity index (χ3n) is 1.48. The highest BCUT2D eigenvalue weighted by atomic mass is 79.9. The van der Waals surface area contributed by atoms with Crippen LogP contribution in [0.1, 0.15) is 5.69 Å². The molecule has 2 nitrogen and oxygen atoms in total. The Morgan fingerprint density at radius 2 is 2.23 bits per heavy atom. The largest absolute Gasteiger partial charge is 0.403 e. The van der Waals surface area contributed by atoms with Crippen molar-refractivity contribution >= 4 is 15.9 Å². The highest BCUT2D eigenvalue weighted by molar-refractivity contribution is 9.09. The fourth-order valence-electron chi connectivity index (χ4n) is 0.833.